The molecule has 10 heteroatoms. The molecule has 2 atom stereocenters. The maximum absolute atomic E-state index is 13.7. The molecule has 1 heterocycles. The van der Waals surface area contributed by atoms with Gasteiger partial charge in [0.1, 0.15) is 5.75 Å². The lowest BCUT2D eigenvalue weighted by Gasteiger charge is -2.32. The molecular weight excluding hydrogens is 463 g/mol. The quantitative estimate of drug-likeness (QED) is 0.425. The molecule has 182 valence electrons. The normalized spacial score (nSPS) is 22.2. The van der Waals surface area contributed by atoms with Crippen LogP contribution in [0.2, 0.25) is 0 Å². The minimum atomic E-state index is -5.31. The van der Waals surface area contributed by atoms with Gasteiger partial charge in [0.15, 0.2) is 5.54 Å². The molecule has 3 aromatic rings. The Bertz CT molecular complexity index is 1270. The average Bonchev–Trinajstić information content (AvgIpc) is 3.05. The van der Waals surface area contributed by atoms with E-state index in [-0.39, 0.29) is 0 Å². The van der Waals surface area contributed by atoms with Crippen molar-refractivity contribution in [3.8, 4) is 16.9 Å². The molecule has 1 amide bonds. The Balaban J connectivity index is 1.89. The predicted molar refractivity (Wildman–Crippen MR) is 121 cm³/mol. The summed E-state index contributed by atoms with van der Waals surface area (Å²) in [5, 5.41) is 2.70. The van der Waals surface area contributed by atoms with Crippen LogP contribution in [0.25, 0.3) is 11.1 Å². The van der Waals surface area contributed by atoms with Crippen LogP contribution in [-0.2, 0) is 19.9 Å². The van der Waals surface area contributed by atoms with Crippen LogP contribution in [0.3, 0.4) is 0 Å². The third kappa shape index (κ3) is 4.11. The molecule has 1 aliphatic heterocycles. The fourth-order valence-corrected chi connectivity index (χ4v) is 4.15. The molecule has 3 aromatic carbocycles. The highest BCUT2D eigenvalue weighted by Crippen LogP contribution is 2.41. The monoisotopic (exact) mass is 485 g/mol. The number of carbonyl (C=O) groups excluding carboxylic acids is 2. The standard InChI is InChI=1S/C25H22F3N3O4/c1-31-21(32)23(17-10-4-3-5-11-17,30-25(31,29)35-22(33)24(26,27)28)18-12-8-9-16(15-18)19-13-6-7-14-20(19)34-2/h3-15,30H,29H2,1-2H3. The van der Waals surface area contributed by atoms with Gasteiger partial charge in [-0.25, -0.2) is 10.1 Å². The lowest BCUT2D eigenvalue weighted by molar-refractivity contribution is -0.228. The van der Waals surface area contributed by atoms with E-state index in [4.69, 9.17) is 10.5 Å². The van der Waals surface area contributed by atoms with E-state index in [0.717, 1.165) is 17.5 Å². The second kappa shape index (κ2) is 8.71. The molecule has 1 fully saturated rings. The van der Waals surface area contributed by atoms with Gasteiger partial charge in [-0.05, 0) is 28.8 Å². The number of nitrogens with zero attached hydrogens (tertiary/aromatic N) is 1. The molecule has 7 nitrogen and oxygen atoms in total. The molecule has 2 unspecified atom stereocenters. The molecular formula is C25H22F3N3O4. The van der Waals surface area contributed by atoms with Crippen LogP contribution in [-0.4, -0.2) is 43.1 Å². The van der Waals surface area contributed by atoms with Gasteiger partial charge in [0.05, 0.1) is 7.11 Å². The van der Waals surface area contributed by atoms with Gasteiger partial charge in [-0.1, -0.05) is 66.7 Å². The summed E-state index contributed by atoms with van der Waals surface area (Å²) in [7, 11) is 2.69. The molecule has 4 rings (SSSR count). The Morgan fingerprint density at radius 1 is 0.971 bits per heavy atom. The molecule has 0 aromatic heterocycles. The zero-order valence-corrected chi connectivity index (χ0v) is 18.8. The molecule has 1 aliphatic rings. The molecule has 0 aliphatic carbocycles. The van der Waals surface area contributed by atoms with E-state index in [1.54, 1.807) is 54.6 Å². The van der Waals surface area contributed by atoms with Crippen LogP contribution in [0.4, 0.5) is 13.2 Å². The summed E-state index contributed by atoms with van der Waals surface area (Å²) in [4.78, 5) is 26.1. The van der Waals surface area contributed by atoms with Gasteiger partial charge in [-0.15, -0.1) is 0 Å². The first-order valence-electron chi connectivity index (χ1n) is 10.5. The number of ether oxygens (including phenoxy) is 2. The maximum atomic E-state index is 13.7. The van der Waals surface area contributed by atoms with E-state index in [9.17, 15) is 22.8 Å². The number of esters is 1. The number of halogens is 3. The minimum absolute atomic E-state index is 0.374. The summed E-state index contributed by atoms with van der Waals surface area (Å²) in [6, 6.07) is 22.5. The Morgan fingerprint density at radius 2 is 1.60 bits per heavy atom. The Kier molecular flexibility index (Phi) is 6.04. The number of carbonyl (C=O) groups is 2. The lowest BCUT2D eigenvalue weighted by atomic mass is 9.81. The highest BCUT2D eigenvalue weighted by atomic mass is 19.4. The van der Waals surface area contributed by atoms with E-state index in [1.807, 2.05) is 24.3 Å². The second-order valence-electron chi connectivity index (χ2n) is 7.97. The van der Waals surface area contributed by atoms with Crippen LogP contribution >= 0.6 is 0 Å². The maximum Gasteiger partial charge on any atom is 0.491 e. The lowest BCUT2D eigenvalue weighted by Crippen LogP contribution is -2.64. The van der Waals surface area contributed by atoms with Crippen molar-refractivity contribution in [1.82, 2.24) is 10.2 Å². The number of nitrogens with two attached hydrogens (primary N) is 1. The van der Waals surface area contributed by atoms with Crippen molar-refractivity contribution in [3.63, 3.8) is 0 Å². The Labute approximate surface area is 199 Å². The van der Waals surface area contributed by atoms with Crippen molar-refractivity contribution < 1.29 is 32.2 Å². The zero-order valence-electron chi connectivity index (χ0n) is 18.8. The SMILES string of the molecule is COc1ccccc1-c1cccc(C2(c3ccccc3)NC(N)(OC(=O)C(F)(F)F)N(C)C2=O)c1. The van der Waals surface area contributed by atoms with Gasteiger partial charge in [0, 0.05) is 12.6 Å². The molecule has 0 spiro atoms. The number of alkyl halides is 3. The first kappa shape index (κ1) is 24.2. The first-order chi connectivity index (χ1) is 16.5. The van der Waals surface area contributed by atoms with Gasteiger partial charge in [-0.2, -0.15) is 13.2 Å². The van der Waals surface area contributed by atoms with E-state index in [0.29, 0.717) is 22.4 Å². The highest BCUT2D eigenvalue weighted by molar-refractivity contribution is 5.95. The number of rotatable bonds is 5. The predicted octanol–water partition coefficient (Wildman–Crippen LogP) is 3.34. The third-order valence-corrected chi connectivity index (χ3v) is 5.89. The summed E-state index contributed by atoms with van der Waals surface area (Å²) >= 11 is 0. The van der Waals surface area contributed by atoms with Gasteiger partial charge >= 0.3 is 18.1 Å². The third-order valence-electron chi connectivity index (χ3n) is 5.89. The van der Waals surface area contributed by atoms with Crippen molar-refractivity contribution in [2.24, 2.45) is 5.73 Å². The summed E-state index contributed by atoms with van der Waals surface area (Å²) in [5.74, 6) is -5.22. The van der Waals surface area contributed by atoms with Crippen LogP contribution < -0.4 is 15.8 Å². The number of para-hydroxylation sites is 1. The van der Waals surface area contributed by atoms with Crippen LogP contribution in [0.1, 0.15) is 11.1 Å². The van der Waals surface area contributed by atoms with Gasteiger partial charge in [0.25, 0.3) is 5.91 Å². The van der Waals surface area contributed by atoms with E-state index in [1.165, 1.54) is 7.11 Å². The number of hydrogen-bond donors (Lipinski definition) is 2. The first-order valence-corrected chi connectivity index (χ1v) is 10.5. The van der Waals surface area contributed by atoms with Crippen LogP contribution in [0.15, 0.2) is 78.9 Å². The van der Waals surface area contributed by atoms with E-state index in [2.05, 4.69) is 10.1 Å². The average molecular weight is 485 g/mol. The fraction of sp³-hybridized carbons (Fsp3) is 0.200. The molecule has 35 heavy (non-hydrogen) atoms. The Hall–Kier alpha value is -3.89. The molecule has 0 radical (unpaired) electrons. The zero-order chi connectivity index (χ0) is 25.4. The number of benzene rings is 3. The number of nitrogens with one attached hydrogen (secondary N) is 1. The smallest absolute Gasteiger partial charge is 0.491 e. The van der Waals surface area contributed by atoms with Crippen LogP contribution in [0.5, 0.6) is 5.75 Å². The second-order valence-corrected chi connectivity index (χ2v) is 7.97. The largest absolute Gasteiger partial charge is 0.496 e. The number of hydrogen-bond acceptors (Lipinski definition) is 6. The van der Waals surface area contributed by atoms with Crippen LogP contribution in [0, 0.1) is 0 Å². The fourth-order valence-electron chi connectivity index (χ4n) is 4.15. The summed E-state index contributed by atoms with van der Waals surface area (Å²) < 4.78 is 49.0. The Morgan fingerprint density at radius 3 is 2.26 bits per heavy atom. The van der Waals surface area contributed by atoms with Crippen molar-refractivity contribution in [2.45, 2.75) is 17.7 Å². The van der Waals surface area contributed by atoms with Gasteiger partial charge in [-0.3, -0.25) is 15.4 Å². The highest BCUT2D eigenvalue weighted by Gasteiger charge is 2.62. The van der Waals surface area contributed by atoms with Crippen molar-refractivity contribution >= 4 is 11.9 Å². The van der Waals surface area contributed by atoms with Gasteiger partial charge < -0.3 is 9.47 Å². The summed E-state index contributed by atoms with van der Waals surface area (Å²) in [5.41, 5.74) is 6.51. The van der Waals surface area contributed by atoms with Crippen molar-refractivity contribution in [2.75, 3.05) is 14.2 Å². The van der Waals surface area contributed by atoms with Crippen molar-refractivity contribution in [1.29, 1.82) is 0 Å². The molecule has 1 saturated heterocycles. The number of amides is 1. The number of likely N-dealkylation sites (N-methyl/N-ethyl adjacent to an activating group) is 1. The van der Waals surface area contributed by atoms with Gasteiger partial charge in [0.2, 0.25) is 0 Å². The minimum Gasteiger partial charge on any atom is -0.496 e. The molecule has 3 N–H and O–H groups in total. The topological polar surface area (TPSA) is 93.9 Å². The van der Waals surface area contributed by atoms with Crippen molar-refractivity contribution in [3.05, 3.63) is 90.0 Å². The number of methoxy groups -OCH3 is 1. The molecule has 0 bridgehead atoms. The summed E-state index contributed by atoms with van der Waals surface area (Å²) in [6.07, 6.45) is -5.31. The van der Waals surface area contributed by atoms with E-state index < -0.39 is 29.6 Å². The van der Waals surface area contributed by atoms with E-state index >= 15 is 0 Å². The molecule has 0 saturated carbocycles. The summed E-state index contributed by atoms with van der Waals surface area (Å²) in [6.45, 7) is 0.